The molecule has 2 rings (SSSR count). The maximum absolute atomic E-state index is 5.89. The third kappa shape index (κ3) is 2.55. The van der Waals surface area contributed by atoms with Gasteiger partial charge in [-0.1, -0.05) is 12.1 Å². The molecule has 0 aromatic carbocycles. The van der Waals surface area contributed by atoms with Crippen molar-refractivity contribution in [1.29, 1.82) is 0 Å². The van der Waals surface area contributed by atoms with Crippen LogP contribution in [0.2, 0.25) is 0 Å². The zero-order chi connectivity index (χ0) is 13.0. The van der Waals surface area contributed by atoms with Crippen molar-refractivity contribution in [1.82, 2.24) is 10.1 Å². The Bertz CT molecular complexity index is 369. The van der Waals surface area contributed by atoms with Crippen molar-refractivity contribution in [3.05, 3.63) is 11.7 Å². The zero-order valence-corrected chi connectivity index (χ0v) is 11.0. The maximum atomic E-state index is 5.89. The molecule has 2 N–H and O–H groups in total. The Kier molecular flexibility index (Phi) is 4.31. The van der Waals surface area contributed by atoms with E-state index in [1.807, 2.05) is 13.8 Å². The summed E-state index contributed by atoms with van der Waals surface area (Å²) in [5.74, 6) is 1.09. The molecule has 18 heavy (non-hydrogen) atoms. The fourth-order valence-corrected chi connectivity index (χ4v) is 2.16. The summed E-state index contributed by atoms with van der Waals surface area (Å²) in [5.41, 5.74) is 5.42. The van der Waals surface area contributed by atoms with Crippen molar-refractivity contribution in [2.45, 2.75) is 44.8 Å². The van der Waals surface area contributed by atoms with E-state index in [0.717, 1.165) is 19.3 Å². The molecule has 2 heterocycles. The van der Waals surface area contributed by atoms with E-state index in [-0.39, 0.29) is 6.04 Å². The Morgan fingerprint density at radius 3 is 2.72 bits per heavy atom. The van der Waals surface area contributed by atoms with Gasteiger partial charge in [0.2, 0.25) is 11.7 Å². The average Bonchev–Trinajstić information content (AvgIpc) is 2.89. The highest BCUT2D eigenvalue weighted by Gasteiger charge is 2.40. The number of hydrogen-bond acceptors (Lipinski definition) is 6. The van der Waals surface area contributed by atoms with Gasteiger partial charge in [0.25, 0.3) is 0 Å². The Labute approximate surface area is 107 Å². The number of hydrogen-bond donors (Lipinski definition) is 1. The molecule has 1 unspecified atom stereocenters. The first-order chi connectivity index (χ1) is 8.72. The molecular formula is C12H21N3O3. The van der Waals surface area contributed by atoms with E-state index in [2.05, 4.69) is 10.1 Å². The maximum Gasteiger partial charge on any atom is 0.243 e. The molecule has 1 aromatic heterocycles. The van der Waals surface area contributed by atoms with Gasteiger partial charge in [0.05, 0.1) is 6.04 Å². The topological polar surface area (TPSA) is 83.4 Å². The lowest BCUT2D eigenvalue weighted by molar-refractivity contribution is -0.118. The van der Waals surface area contributed by atoms with E-state index in [1.165, 1.54) is 0 Å². The van der Waals surface area contributed by atoms with Gasteiger partial charge >= 0.3 is 0 Å². The molecule has 1 atom stereocenters. The molecule has 0 saturated carbocycles. The average molecular weight is 255 g/mol. The number of ether oxygens (including phenoxy) is 2. The standard InChI is InChI=1S/C12H21N3O3/c1-3-9(13)10-14-11(15-18-10)12(17-4-2)5-7-16-8-6-12/h9H,3-8,13H2,1-2H3. The molecule has 1 saturated heterocycles. The normalized spacial score (nSPS) is 20.8. The van der Waals surface area contributed by atoms with Gasteiger partial charge in [-0.05, 0) is 13.3 Å². The fraction of sp³-hybridized carbons (Fsp3) is 0.833. The van der Waals surface area contributed by atoms with Gasteiger partial charge in [0.15, 0.2) is 0 Å². The molecule has 6 nitrogen and oxygen atoms in total. The number of nitrogens with zero attached hydrogens (tertiary/aromatic N) is 2. The largest absolute Gasteiger partial charge is 0.381 e. The lowest BCUT2D eigenvalue weighted by Gasteiger charge is -2.33. The SMILES string of the molecule is CCOC1(c2noc(C(N)CC)n2)CCOCC1. The van der Waals surface area contributed by atoms with E-state index in [4.69, 9.17) is 19.7 Å². The molecule has 0 spiro atoms. The first-order valence-electron chi connectivity index (χ1n) is 6.53. The minimum absolute atomic E-state index is 0.204. The molecule has 102 valence electrons. The van der Waals surface area contributed by atoms with Crippen molar-refractivity contribution >= 4 is 0 Å². The fourth-order valence-electron chi connectivity index (χ4n) is 2.16. The lowest BCUT2D eigenvalue weighted by atomic mass is 9.93. The summed E-state index contributed by atoms with van der Waals surface area (Å²) in [6.07, 6.45) is 2.27. The highest BCUT2D eigenvalue weighted by atomic mass is 16.5. The second-order valence-electron chi connectivity index (χ2n) is 4.51. The summed E-state index contributed by atoms with van der Waals surface area (Å²) in [5, 5.41) is 4.05. The predicted molar refractivity (Wildman–Crippen MR) is 64.9 cm³/mol. The van der Waals surface area contributed by atoms with Gasteiger partial charge in [-0.15, -0.1) is 0 Å². The second kappa shape index (κ2) is 5.77. The lowest BCUT2D eigenvalue weighted by Crippen LogP contribution is -2.37. The van der Waals surface area contributed by atoms with E-state index in [1.54, 1.807) is 0 Å². The molecule has 6 heteroatoms. The summed E-state index contributed by atoms with van der Waals surface area (Å²) < 4.78 is 16.5. The van der Waals surface area contributed by atoms with Crippen molar-refractivity contribution in [3.8, 4) is 0 Å². The van der Waals surface area contributed by atoms with E-state index >= 15 is 0 Å². The van der Waals surface area contributed by atoms with Gasteiger partial charge in [-0.2, -0.15) is 4.98 Å². The summed E-state index contributed by atoms with van der Waals surface area (Å²) in [7, 11) is 0. The van der Waals surface area contributed by atoms with Crippen LogP contribution in [0.15, 0.2) is 4.52 Å². The van der Waals surface area contributed by atoms with E-state index in [9.17, 15) is 0 Å². The molecule has 1 fully saturated rings. The summed E-state index contributed by atoms with van der Waals surface area (Å²) in [6, 6.07) is -0.204. The molecule has 0 aliphatic carbocycles. The number of rotatable bonds is 5. The predicted octanol–water partition coefficient (Wildman–Crippen LogP) is 1.52. The van der Waals surface area contributed by atoms with E-state index in [0.29, 0.717) is 31.5 Å². The van der Waals surface area contributed by atoms with Crippen LogP contribution in [0.5, 0.6) is 0 Å². The Balaban J connectivity index is 2.22. The van der Waals surface area contributed by atoms with Crippen LogP contribution in [0.25, 0.3) is 0 Å². The van der Waals surface area contributed by atoms with Crippen LogP contribution in [0, 0.1) is 0 Å². The summed E-state index contributed by atoms with van der Waals surface area (Å²) >= 11 is 0. The van der Waals surface area contributed by atoms with Crippen LogP contribution < -0.4 is 5.73 Å². The molecule has 0 amide bonds. The van der Waals surface area contributed by atoms with Gasteiger partial charge in [0, 0.05) is 32.7 Å². The van der Waals surface area contributed by atoms with Crippen LogP contribution in [-0.4, -0.2) is 30.0 Å². The third-order valence-electron chi connectivity index (χ3n) is 3.33. The summed E-state index contributed by atoms with van der Waals surface area (Å²) in [4.78, 5) is 4.41. The van der Waals surface area contributed by atoms with Gasteiger partial charge in [-0.3, -0.25) is 0 Å². The molecule has 1 aliphatic rings. The minimum atomic E-state index is -0.470. The monoisotopic (exact) mass is 255 g/mol. The van der Waals surface area contributed by atoms with Gasteiger partial charge in [-0.25, -0.2) is 0 Å². The molecule has 0 radical (unpaired) electrons. The Morgan fingerprint density at radius 1 is 1.39 bits per heavy atom. The summed E-state index contributed by atoms with van der Waals surface area (Å²) in [6.45, 7) is 5.88. The molecule has 0 bridgehead atoms. The molecule has 1 aliphatic heterocycles. The minimum Gasteiger partial charge on any atom is -0.381 e. The Hall–Kier alpha value is -0.980. The van der Waals surface area contributed by atoms with Crippen LogP contribution >= 0.6 is 0 Å². The molecule has 1 aromatic rings. The quantitative estimate of drug-likeness (QED) is 0.858. The van der Waals surface area contributed by atoms with Crippen LogP contribution in [0.1, 0.15) is 50.9 Å². The van der Waals surface area contributed by atoms with Crippen LogP contribution in [-0.2, 0) is 15.1 Å². The Morgan fingerprint density at radius 2 is 2.11 bits per heavy atom. The van der Waals surface area contributed by atoms with Crippen LogP contribution in [0.4, 0.5) is 0 Å². The number of aromatic nitrogens is 2. The first kappa shape index (κ1) is 13.5. The highest BCUT2D eigenvalue weighted by Crippen LogP contribution is 2.34. The van der Waals surface area contributed by atoms with Crippen molar-refractivity contribution in [2.75, 3.05) is 19.8 Å². The first-order valence-corrected chi connectivity index (χ1v) is 6.53. The zero-order valence-electron chi connectivity index (χ0n) is 11.0. The third-order valence-corrected chi connectivity index (χ3v) is 3.33. The van der Waals surface area contributed by atoms with Crippen molar-refractivity contribution in [2.24, 2.45) is 5.73 Å². The highest BCUT2D eigenvalue weighted by molar-refractivity contribution is 5.04. The van der Waals surface area contributed by atoms with Gasteiger partial charge < -0.3 is 19.7 Å². The molecular weight excluding hydrogens is 234 g/mol. The van der Waals surface area contributed by atoms with Gasteiger partial charge in [0.1, 0.15) is 5.60 Å². The smallest absolute Gasteiger partial charge is 0.243 e. The second-order valence-corrected chi connectivity index (χ2v) is 4.51. The number of nitrogens with two attached hydrogens (primary N) is 1. The van der Waals surface area contributed by atoms with Crippen LogP contribution in [0.3, 0.4) is 0 Å². The van der Waals surface area contributed by atoms with Crippen molar-refractivity contribution < 1.29 is 14.0 Å². The van der Waals surface area contributed by atoms with Crippen molar-refractivity contribution in [3.63, 3.8) is 0 Å². The van der Waals surface area contributed by atoms with E-state index < -0.39 is 5.60 Å².